The third kappa shape index (κ3) is 2.26. The van der Waals surface area contributed by atoms with Crippen LogP contribution in [0.1, 0.15) is 15.9 Å². The predicted octanol–water partition coefficient (Wildman–Crippen LogP) is 3.32. The van der Waals surface area contributed by atoms with E-state index < -0.39 is 0 Å². The molecule has 1 aliphatic heterocycles. The largest absolute Gasteiger partial charge is 0.338 e. The van der Waals surface area contributed by atoms with Crippen molar-refractivity contribution in [1.29, 1.82) is 0 Å². The number of carbonyl (C=O) groups excluding carboxylic acids is 1. The van der Waals surface area contributed by atoms with E-state index in [1.165, 1.54) is 0 Å². The van der Waals surface area contributed by atoms with E-state index in [4.69, 9.17) is 0 Å². The van der Waals surface area contributed by atoms with Crippen LogP contribution in [0.15, 0.2) is 60.8 Å². The van der Waals surface area contributed by atoms with Crippen LogP contribution in [0.4, 0.5) is 17.2 Å². The second-order valence-corrected chi connectivity index (χ2v) is 5.54. The summed E-state index contributed by atoms with van der Waals surface area (Å²) in [6, 6.07) is 17.2. The highest BCUT2D eigenvalue weighted by Crippen LogP contribution is 2.35. The number of aromatic nitrogens is 2. The molecule has 114 valence electrons. The van der Waals surface area contributed by atoms with Crippen molar-refractivity contribution in [2.75, 3.05) is 10.2 Å². The van der Waals surface area contributed by atoms with Crippen LogP contribution in [0.2, 0.25) is 0 Å². The lowest BCUT2D eigenvalue weighted by molar-refractivity contribution is 0.0985. The molecule has 4 rings (SSSR count). The first kappa shape index (κ1) is 13.6. The molecule has 5 heteroatoms. The van der Waals surface area contributed by atoms with Crippen LogP contribution < -0.4 is 10.2 Å². The highest BCUT2D eigenvalue weighted by atomic mass is 16.2. The SMILES string of the molecule is Cn1ncc2c1Nc1ccccc1N(C(=O)c1ccccc1)C2. The van der Waals surface area contributed by atoms with Gasteiger partial charge in [0.15, 0.2) is 0 Å². The Morgan fingerprint density at radius 2 is 1.83 bits per heavy atom. The average molecular weight is 304 g/mol. The fraction of sp³-hybridized carbons (Fsp3) is 0.111. The Balaban J connectivity index is 1.84. The van der Waals surface area contributed by atoms with Crippen molar-refractivity contribution in [3.63, 3.8) is 0 Å². The molecule has 2 heterocycles. The summed E-state index contributed by atoms with van der Waals surface area (Å²) < 4.78 is 1.79. The average Bonchev–Trinajstić information content (AvgIpc) is 2.84. The zero-order valence-electron chi connectivity index (χ0n) is 12.7. The minimum Gasteiger partial charge on any atom is -0.338 e. The molecule has 3 aromatic rings. The molecule has 0 fully saturated rings. The first-order valence-corrected chi connectivity index (χ1v) is 7.48. The molecule has 0 aliphatic carbocycles. The third-order valence-corrected chi connectivity index (χ3v) is 4.06. The summed E-state index contributed by atoms with van der Waals surface area (Å²) in [6.45, 7) is 0.487. The minimum atomic E-state index is -0.0171. The van der Waals surface area contributed by atoms with Gasteiger partial charge in [0.2, 0.25) is 0 Å². The molecule has 0 spiro atoms. The van der Waals surface area contributed by atoms with Gasteiger partial charge in [-0.25, -0.2) is 0 Å². The van der Waals surface area contributed by atoms with Gasteiger partial charge >= 0.3 is 0 Å². The van der Waals surface area contributed by atoms with Gasteiger partial charge in [0.05, 0.1) is 24.1 Å². The second kappa shape index (κ2) is 5.28. The smallest absolute Gasteiger partial charge is 0.258 e. The first-order chi connectivity index (χ1) is 11.2. The van der Waals surface area contributed by atoms with Crippen molar-refractivity contribution in [3.8, 4) is 0 Å². The molecule has 1 aliphatic rings. The molecule has 1 amide bonds. The van der Waals surface area contributed by atoms with Crippen LogP contribution in [0.3, 0.4) is 0 Å². The van der Waals surface area contributed by atoms with Gasteiger partial charge in [-0.05, 0) is 24.3 Å². The maximum Gasteiger partial charge on any atom is 0.258 e. The van der Waals surface area contributed by atoms with Crippen molar-refractivity contribution in [2.24, 2.45) is 7.05 Å². The zero-order chi connectivity index (χ0) is 15.8. The Hall–Kier alpha value is -3.08. The number of aryl methyl sites for hydroxylation is 1. The second-order valence-electron chi connectivity index (χ2n) is 5.54. The number of hydrogen-bond acceptors (Lipinski definition) is 3. The lowest BCUT2D eigenvalue weighted by Crippen LogP contribution is -2.29. The monoisotopic (exact) mass is 304 g/mol. The third-order valence-electron chi connectivity index (χ3n) is 4.06. The molecule has 0 bridgehead atoms. The summed E-state index contributed by atoms with van der Waals surface area (Å²) in [4.78, 5) is 14.8. The standard InChI is InChI=1S/C18H16N4O/c1-21-17-14(11-19-21)12-22(16-10-6-5-9-15(16)20-17)18(23)13-7-3-2-4-8-13/h2-11,20H,12H2,1H3. The van der Waals surface area contributed by atoms with Gasteiger partial charge in [0.25, 0.3) is 5.91 Å². The summed E-state index contributed by atoms with van der Waals surface area (Å²) in [6.07, 6.45) is 1.81. The Kier molecular flexibility index (Phi) is 3.12. The van der Waals surface area contributed by atoms with Crippen molar-refractivity contribution in [3.05, 3.63) is 71.9 Å². The van der Waals surface area contributed by atoms with Crippen LogP contribution in [0.5, 0.6) is 0 Å². The number of hydrogen-bond donors (Lipinski definition) is 1. The highest BCUT2D eigenvalue weighted by molar-refractivity contribution is 6.08. The summed E-state index contributed by atoms with van der Waals surface area (Å²) in [5.41, 5.74) is 3.44. The molecule has 0 atom stereocenters. The topological polar surface area (TPSA) is 50.2 Å². The van der Waals surface area contributed by atoms with Gasteiger partial charge in [-0.2, -0.15) is 5.10 Å². The van der Waals surface area contributed by atoms with Gasteiger partial charge in [-0.3, -0.25) is 9.48 Å². The van der Waals surface area contributed by atoms with E-state index in [0.29, 0.717) is 12.1 Å². The number of fused-ring (bicyclic) bond motifs is 2. The van der Waals surface area contributed by atoms with E-state index >= 15 is 0 Å². The number of nitrogens with one attached hydrogen (secondary N) is 1. The van der Waals surface area contributed by atoms with Crippen molar-refractivity contribution in [1.82, 2.24) is 9.78 Å². The Bertz CT molecular complexity index is 870. The molecular weight excluding hydrogens is 288 g/mol. The number of carbonyl (C=O) groups is 1. The minimum absolute atomic E-state index is 0.0171. The van der Waals surface area contributed by atoms with E-state index in [1.807, 2.05) is 61.6 Å². The van der Waals surface area contributed by atoms with E-state index in [-0.39, 0.29) is 5.91 Å². The molecule has 0 saturated carbocycles. The number of para-hydroxylation sites is 2. The molecule has 2 aromatic carbocycles. The van der Waals surface area contributed by atoms with Gasteiger partial charge in [0.1, 0.15) is 5.82 Å². The zero-order valence-corrected chi connectivity index (χ0v) is 12.7. The molecule has 0 radical (unpaired) electrons. The lowest BCUT2D eigenvalue weighted by atomic mass is 10.1. The molecule has 23 heavy (non-hydrogen) atoms. The van der Waals surface area contributed by atoms with Gasteiger partial charge < -0.3 is 10.2 Å². The van der Waals surface area contributed by atoms with Crippen molar-refractivity contribution < 1.29 is 4.79 Å². The normalized spacial score (nSPS) is 12.8. The first-order valence-electron chi connectivity index (χ1n) is 7.48. The molecular formula is C18H16N4O. The number of benzene rings is 2. The number of amides is 1. The van der Waals surface area contributed by atoms with Crippen LogP contribution >= 0.6 is 0 Å². The lowest BCUT2D eigenvalue weighted by Gasteiger charge is -2.22. The highest BCUT2D eigenvalue weighted by Gasteiger charge is 2.26. The molecule has 5 nitrogen and oxygen atoms in total. The van der Waals surface area contributed by atoms with E-state index in [2.05, 4.69) is 10.4 Å². The van der Waals surface area contributed by atoms with Crippen LogP contribution in [-0.2, 0) is 13.6 Å². The Morgan fingerprint density at radius 3 is 2.65 bits per heavy atom. The molecule has 1 aromatic heterocycles. The predicted molar refractivity (Wildman–Crippen MR) is 89.9 cm³/mol. The maximum absolute atomic E-state index is 13.0. The number of anilines is 3. The van der Waals surface area contributed by atoms with E-state index in [0.717, 1.165) is 22.8 Å². The van der Waals surface area contributed by atoms with Gasteiger partial charge in [-0.1, -0.05) is 30.3 Å². The van der Waals surface area contributed by atoms with E-state index in [9.17, 15) is 4.79 Å². The van der Waals surface area contributed by atoms with Crippen LogP contribution in [-0.4, -0.2) is 15.7 Å². The Labute approximate surface area is 134 Å². The van der Waals surface area contributed by atoms with Gasteiger partial charge in [0, 0.05) is 18.2 Å². The van der Waals surface area contributed by atoms with Crippen molar-refractivity contribution in [2.45, 2.75) is 6.54 Å². The number of nitrogens with zero attached hydrogens (tertiary/aromatic N) is 3. The maximum atomic E-state index is 13.0. The van der Waals surface area contributed by atoms with Crippen LogP contribution in [0, 0.1) is 0 Å². The fourth-order valence-electron chi connectivity index (χ4n) is 2.88. The van der Waals surface area contributed by atoms with E-state index in [1.54, 1.807) is 15.8 Å². The molecule has 0 saturated heterocycles. The summed E-state index contributed by atoms with van der Waals surface area (Å²) in [5.74, 6) is 0.900. The summed E-state index contributed by atoms with van der Waals surface area (Å²) in [7, 11) is 1.89. The molecule has 1 N–H and O–H groups in total. The Morgan fingerprint density at radius 1 is 1.09 bits per heavy atom. The molecule has 0 unspecified atom stereocenters. The summed E-state index contributed by atoms with van der Waals surface area (Å²) in [5, 5.41) is 7.69. The van der Waals surface area contributed by atoms with Gasteiger partial charge in [-0.15, -0.1) is 0 Å². The fourth-order valence-corrected chi connectivity index (χ4v) is 2.88. The summed E-state index contributed by atoms with van der Waals surface area (Å²) >= 11 is 0. The van der Waals surface area contributed by atoms with Crippen molar-refractivity contribution >= 4 is 23.1 Å². The number of rotatable bonds is 1. The van der Waals surface area contributed by atoms with Crippen LogP contribution in [0.25, 0.3) is 0 Å². The quantitative estimate of drug-likeness (QED) is 0.750.